The lowest BCUT2D eigenvalue weighted by Crippen LogP contribution is -2.43. The lowest BCUT2D eigenvalue weighted by molar-refractivity contribution is -0.119. The third-order valence-corrected chi connectivity index (χ3v) is 3.00. The highest BCUT2D eigenvalue weighted by Gasteiger charge is 2.28. The summed E-state index contributed by atoms with van der Waals surface area (Å²) in [5.41, 5.74) is 5.91. The summed E-state index contributed by atoms with van der Waals surface area (Å²) in [5.74, 6) is 0.463. The van der Waals surface area contributed by atoms with Crippen LogP contribution < -0.4 is 15.8 Å². The lowest BCUT2D eigenvalue weighted by Gasteiger charge is -2.30. The molecular formula is C14H22N2O2. The SMILES string of the molecule is CCCNC(C)(CC(N)=O)c1cccc(OC)c1. The zero-order chi connectivity index (χ0) is 13.6. The average molecular weight is 250 g/mol. The molecule has 100 valence electrons. The Bertz CT molecular complexity index is 407. The van der Waals surface area contributed by atoms with Crippen molar-refractivity contribution in [3.63, 3.8) is 0 Å². The van der Waals surface area contributed by atoms with Crippen LogP contribution in [0.2, 0.25) is 0 Å². The van der Waals surface area contributed by atoms with Crippen LogP contribution in [-0.2, 0) is 10.3 Å². The van der Waals surface area contributed by atoms with Gasteiger partial charge >= 0.3 is 0 Å². The lowest BCUT2D eigenvalue weighted by atomic mass is 9.88. The first kappa shape index (κ1) is 14.5. The number of rotatable bonds is 7. The Kier molecular flexibility index (Phi) is 5.16. The Morgan fingerprint density at radius 1 is 1.50 bits per heavy atom. The topological polar surface area (TPSA) is 64.3 Å². The number of benzene rings is 1. The van der Waals surface area contributed by atoms with E-state index in [1.165, 1.54) is 0 Å². The van der Waals surface area contributed by atoms with E-state index in [2.05, 4.69) is 12.2 Å². The van der Waals surface area contributed by atoms with Crippen molar-refractivity contribution in [2.75, 3.05) is 13.7 Å². The van der Waals surface area contributed by atoms with Gasteiger partial charge in [0, 0.05) is 12.0 Å². The highest BCUT2D eigenvalue weighted by atomic mass is 16.5. The van der Waals surface area contributed by atoms with Gasteiger partial charge in [-0.05, 0) is 37.6 Å². The maximum atomic E-state index is 11.3. The summed E-state index contributed by atoms with van der Waals surface area (Å²) in [6.07, 6.45) is 1.26. The van der Waals surface area contributed by atoms with Crippen LogP contribution >= 0.6 is 0 Å². The molecule has 0 aliphatic rings. The summed E-state index contributed by atoms with van der Waals surface area (Å²) in [6.45, 7) is 4.91. The smallest absolute Gasteiger partial charge is 0.219 e. The molecule has 1 rings (SSSR count). The molecule has 0 saturated carbocycles. The van der Waals surface area contributed by atoms with Crippen molar-refractivity contribution in [3.8, 4) is 5.75 Å². The first-order valence-electron chi connectivity index (χ1n) is 6.19. The molecule has 4 heteroatoms. The van der Waals surface area contributed by atoms with Crippen LogP contribution in [0.15, 0.2) is 24.3 Å². The van der Waals surface area contributed by atoms with Gasteiger partial charge in [0.25, 0.3) is 0 Å². The summed E-state index contributed by atoms with van der Waals surface area (Å²) in [7, 11) is 1.63. The Morgan fingerprint density at radius 2 is 2.22 bits per heavy atom. The molecule has 0 bridgehead atoms. The molecule has 0 saturated heterocycles. The fourth-order valence-electron chi connectivity index (χ4n) is 1.98. The molecule has 0 spiro atoms. The van der Waals surface area contributed by atoms with Gasteiger partial charge in [-0.3, -0.25) is 4.79 Å². The van der Waals surface area contributed by atoms with Gasteiger partial charge in [-0.25, -0.2) is 0 Å². The Labute approximate surface area is 109 Å². The Morgan fingerprint density at radius 3 is 2.78 bits per heavy atom. The number of nitrogens with one attached hydrogen (secondary N) is 1. The summed E-state index contributed by atoms with van der Waals surface area (Å²) in [4.78, 5) is 11.3. The summed E-state index contributed by atoms with van der Waals surface area (Å²) >= 11 is 0. The van der Waals surface area contributed by atoms with Crippen molar-refractivity contribution in [3.05, 3.63) is 29.8 Å². The van der Waals surface area contributed by atoms with E-state index < -0.39 is 5.54 Å². The number of ether oxygens (including phenoxy) is 1. The minimum Gasteiger partial charge on any atom is -0.497 e. The normalized spacial score (nSPS) is 13.9. The number of primary amides is 1. The van der Waals surface area contributed by atoms with Crippen molar-refractivity contribution in [2.24, 2.45) is 5.73 Å². The second kappa shape index (κ2) is 6.40. The monoisotopic (exact) mass is 250 g/mol. The van der Waals surface area contributed by atoms with E-state index in [1.54, 1.807) is 7.11 Å². The number of hydrogen-bond donors (Lipinski definition) is 2. The predicted octanol–water partition coefficient (Wildman–Crippen LogP) is 1.79. The third-order valence-electron chi connectivity index (χ3n) is 3.00. The van der Waals surface area contributed by atoms with E-state index in [9.17, 15) is 4.79 Å². The molecule has 0 fully saturated rings. The first-order chi connectivity index (χ1) is 8.51. The van der Waals surface area contributed by atoms with Crippen LogP contribution in [-0.4, -0.2) is 19.6 Å². The van der Waals surface area contributed by atoms with Gasteiger partial charge in [0.05, 0.1) is 7.11 Å². The Hall–Kier alpha value is -1.55. The molecule has 1 aromatic carbocycles. The molecule has 1 aromatic rings. The maximum Gasteiger partial charge on any atom is 0.219 e. The fourth-order valence-corrected chi connectivity index (χ4v) is 1.98. The molecule has 0 aromatic heterocycles. The van der Waals surface area contributed by atoms with E-state index in [0.29, 0.717) is 0 Å². The molecular weight excluding hydrogens is 228 g/mol. The second-order valence-corrected chi connectivity index (χ2v) is 4.63. The summed E-state index contributed by atoms with van der Waals surface area (Å²) in [5, 5.41) is 3.39. The molecule has 3 N–H and O–H groups in total. The molecule has 0 heterocycles. The van der Waals surface area contributed by atoms with Crippen LogP contribution in [0.3, 0.4) is 0 Å². The van der Waals surface area contributed by atoms with Crippen molar-refractivity contribution in [2.45, 2.75) is 32.2 Å². The fraction of sp³-hybridized carbons (Fsp3) is 0.500. The van der Waals surface area contributed by atoms with Crippen molar-refractivity contribution in [1.29, 1.82) is 0 Å². The molecule has 1 atom stereocenters. The van der Waals surface area contributed by atoms with Gasteiger partial charge in [0.2, 0.25) is 5.91 Å². The van der Waals surface area contributed by atoms with Gasteiger partial charge in [-0.1, -0.05) is 19.1 Å². The minimum absolute atomic E-state index is 0.264. The average Bonchev–Trinajstić information content (AvgIpc) is 2.35. The Balaban J connectivity index is 3.03. The van der Waals surface area contributed by atoms with Crippen LogP contribution in [0.5, 0.6) is 5.75 Å². The van der Waals surface area contributed by atoms with E-state index in [4.69, 9.17) is 10.5 Å². The molecule has 0 aliphatic carbocycles. The first-order valence-corrected chi connectivity index (χ1v) is 6.19. The van der Waals surface area contributed by atoms with Gasteiger partial charge in [-0.15, -0.1) is 0 Å². The molecule has 4 nitrogen and oxygen atoms in total. The number of carbonyl (C=O) groups is 1. The predicted molar refractivity (Wildman–Crippen MR) is 72.5 cm³/mol. The van der Waals surface area contributed by atoms with E-state index in [1.807, 2.05) is 31.2 Å². The highest BCUT2D eigenvalue weighted by molar-refractivity contribution is 5.75. The number of carbonyl (C=O) groups excluding carboxylic acids is 1. The minimum atomic E-state index is -0.448. The van der Waals surface area contributed by atoms with Crippen molar-refractivity contribution < 1.29 is 9.53 Å². The number of methoxy groups -OCH3 is 1. The number of nitrogens with two attached hydrogens (primary N) is 1. The number of amides is 1. The molecule has 0 aliphatic heterocycles. The largest absolute Gasteiger partial charge is 0.497 e. The molecule has 1 amide bonds. The maximum absolute atomic E-state index is 11.3. The number of hydrogen-bond acceptors (Lipinski definition) is 3. The summed E-state index contributed by atoms with van der Waals surface area (Å²) < 4.78 is 5.22. The van der Waals surface area contributed by atoms with Crippen LogP contribution in [0, 0.1) is 0 Å². The molecule has 0 radical (unpaired) electrons. The van der Waals surface area contributed by atoms with Crippen LogP contribution in [0.1, 0.15) is 32.3 Å². The second-order valence-electron chi connectivity index (χ2n) is 4.63. The third kappa shape index (κ3) is 3.74. The van der Waals surface area contributed by atoms with Gasteiger partial charge in [0.15, 0.2) is 0 Å². The van der Waals surface area contributed by atoms with Crippen LogP contribution in [0.4, 0.5) is 0 Å². The molecule has 18 heavy (non-hydrogen) atoms. The quantitative estimate of drug-likeness (QED) is 0.775. The zero-order valence-electron chi connectivity index (χ0n) is 11.3. The van der Waals surface area contributed by atoms with Crippen LogP contribution in [0.25, 0.3) is 0 Å². The molecule has 1 unspecified atom stereocenters. The van der Waals surface area contributed by atoms with Gasteiger partial charge in [0.1, 0.15) is 5.75 Å². The van der Waals surface area contributed by atoms with Gasteiger partial charge in [-0.2, -0.15) is 0 Å². The zero-order valence-corrected chi connectivity index (χ0v) is 11.3. The van der Waals surface area contributed by atoms with E-state index >= 15 is 0 Å². The standard InChI is InChI=1S/C14H22N2O2/c1-4-8-16-14(2,10-13(15)17)11-6-5-7-12(9-11)18-3/h5-7,9,16H,4,8,10H2,1-3H3,(H2,15,17). The van der Waals surface area contributed by atoms with Gasteiger partial charge < -0.3 is 15.8 Å². The van der Waals surface area contributed by atoms with Crippen molar-refractivity contribution in [1.82, 2.24) is 5.32 Å². The van der Waals surface area contributed by atoms with E-state index in [0.717, 1.165) is 24.3 Å². The van der Waals surface area contributed by atoms with Crippen molar-refractivity contribution >= 4 is 5.91 Å². The summed E-state index contributed by atoms with van der Waals surface area (Å²) in [6, 6.07) is 7.72. The van der Waals surface area contributed by atoms with E-state index in [-0.39, 0.29) is 12.3 Å². The highest BCUT2D eigenvalue weighted by Crippen LogP contribution is 2.27.